The molecule has 0 atom stereocenters. The van der Waals surface area contributed by atoms with Crippen LogP contribution in [0.3, 0.4) is 0 Å². The molecule has 0 aromatic heterocycles. The van der Waals surface area contributed by atoms with Gasteiger partial charge in [-0.25, -0.2) is 0 Å². The van der Waals surface area contributed by atoms with E-state index in [0.29, 0.717) is 13.0 Å². The molecule has 0 heterocycles. The second-order valence-corrected chi connectivity index (χ2v) is 17.2. The SMILES string of the molecule is CCCCCCCCCCCCCCCCCCCCCCCCCCCCCCCCC(=O)OCCCCCCCCCCCCCCCCC. The van der Waals surface area contributed by atoms with Crippen LogP contribution < -0.4 is 0 Å². The second kappa shape index (κ2) is 48.5. The molecular formula is C50H100O2. The van der Waals surface area contributed by atoms with Crippen molar-refractivity contribution in [3.05, 3.63) is 0 Å². The molecule has 0 spiro atoms. The molecule has 0 saturated heterocycles. The van der Waals surface area contributed by atoms with Crippen LogP contribution in [0, 0.1) is 0 Å². The Morgan fingerprint density at radius 1 is 0.250 bits per heavy atom. The van der Waals surface area contributed by atoms with Crippen molar-refractivity contribution in [1.82, 2.24) is 0 Å². The number of unbranched alkanes of at least 4 members (excludes halogenated alkanes) is 43. The molecule has 0 bridgehead atoms. The Kier molecular flexibility index (Phi) is 48.0. The van der Waals surface area contributed by atoms with Gasteiger partial charge >= 0.3 is 5.97 Å². The highest BCUT2D eigenvalue weighted by Gasteiger charge is 2.03. The average Bonchev–Trinajstić information content (AvgIpc) is 3.15. The van der Waals surface area contributed by atoms with Gasteiger partial charge in [-0.15, -0.1) is 0 Å². The molecule has 52 heavy (non-hydrogen) atoms. The fourth-order valence-corrected chi connectivity index (χ4v) is 8.02. The lowest BCUT2D eigenvalue weighted by Crippen LogP contribution is -2.05. The minimum Gasteiger partial charge on any atom is -0.466 e. The van der Waals surface area contributed by atoms with Crippen LogP contribution in [0.15, 0.2) is 0 Å². The van der Waals surface area contributed by atoms with Gasteiger partial charge in [0.2, 0.25) is 0 Å². The molecule has 0 unspecified atom stereocenters. The van der Waals surface area contributed by atoms with Gasteiger partial charge in [0.1, 0.15) is 0 Å². The van der Waals surface area contributed by atoms with Crippen molar-refractivity contribution in [2.45, 2.75) is 309 Å². The van der Waals surface area contributed by atoms with Crippen LogP contribution in [0.5, 0.6) is 0 Å². The quantitative estimate of drug-likeness (QED) is 0.0460. The Balaban J connectivity index is 3.13. The molecule has 0 radical (unpaired) electrons. The monoisotopic (exact) mass is 733 g/mol. The highest BCUT2D eigenvalue weighted by molar-refractivity contribution is 5.69. The van der Waals surface area contributed by atoms with Gasteiger partial charge in [0.25, 0.3) is 0 Å². The molecule has 0 aliphatic heterocycles. The number of hydrogen-bond acceptors (Lipinski definition) is 2. The standard InChI is InChI=1S/C50H100O2/c1-3-5-7-9-11-13-15-17-19-20-21-22-23-24-25-26-27-28-29-30-31-32-33-34-36-38-40-42-44-46-48-50(51)52-49-47-45-43-41-39-37-35-18-16-14-12-10-8-6-4-2/h3-49H2,1-2H3. The number of hydrogen-bond donors (Lipinski definition) is 0. The van der Waals surface area contributed by atoms with Gasteiger partial charge in [-0.3, -0.25) is 4.79 Å². The van der Waals surface area contributed by atoms with Crippen LogP contribution in [-0.4, -0.2) is 12.6 Å². The van der Waals surface area contributed by atoms with Crippen molar-refractivity contribution < 1.29 is 9.53 Å². The highest BCUT2D eigenvalue weighted by atomic mass is 16.5. The first-order chi connectivity index (χ1) is 25.8. The molecule has 2 heteroatoms. The molecule has 0 amide bonds. The first-order valence-electron chi connectivity index (χ1n) is 25.0. The van der Waals surface area contributed by atoms with Crippen LogP contribution in [0.1, 0.15) is 309 Å². The summed E-state index contributed by atoms with van der Waals surface area (Å²) >= 11 is 0. The van der Waals surface area contributed by atoms with E-state index >= 15 is 0 Å². The summed E-state index contributed by atoms with van der Waals surface area (Å²) < 4.78 is 5.48. The molecule has 0 aromatic rings. The third-order valence-electron chi connectivity index (χ3n) is 11.7. The van der Waals surface area contributed by atoms with Crippen molar-refractivity contribution in [3.63, 3.8) is 0 Å². The lowest BCUT2D eigenvalue weighted by molar-refractivity contribution is -0.143. The topological polar surface area (TPSA) is 26.3 Å². The molecule has 312 valence electrons. The molecule has 2 nitrogen and oxygen atoms in total. The molecule has 0 aliphatic carbocycles. The Morgan fingerprint density at radius 3 is 0.635 bits per heavy atom. The molecule has 0 fully saturated rings. The average molecular weight is 733 g/mol. The maximum Gasteiger partial charge on any atom is 0.305 e. The zero-order chi connectivity index (χ0) is 37.5. The lowest BCUT2D eigenvalue weighted by Gasteiger charge is -2.06. The van der Waals surface area contributed by atoms with E-state index in [1.54, 1.807) is 0 Å². The molecule has 0 aromatic carbocycles. The van der Waals surface area contributed by atoms with Crippen LogP contribution in [0.2, 0.25) is 0 Å². The normalized spacial score (nSPS) is 11.5. The molecule has 0 aliphatic rings. The summed E-state index contributed by atoms with van der Waals surface area (Å²) in [5, 5.41) is 0. The van der Waals surface area contributed by atoms with Crippen LogP contribution >= 0.6 is 0 Å². The fraction of sp³-hybridized carbons (Fsp3) is 0.980. The van der Waals surface area contributed by atoms with E-state index in [2.05, 4.69) is 13.8 Å². The summed E-state index contributed by atoms with van der Waals surface area (Å²) in [6, 6.07) is 0. The lowest BCUT2D eigenvalue weighted by atomic mass is 10.0. The Morgan fingerprint density at radius 2 is 0.423 bits per heavy atom. The van der Waals surface area contributed by atoms with Crippen molar-refractivity contribution in [2.24, 2.45) is 0 Å². The first kappa shape index (κ1) is 51.5. The predicted octanol–water partition coefficient (Wildman–Crippen LogP) is 18.5. The minimum atomic E-state index is 0.0329. The largest absolute Gasteiger partial charge is 0.466 e. The van der Waals surface area contributed by atoms with Crippen LogP contribution in [0.4, 0.5) is 0 Å². The molecule has 0 saturated carbocycles. The summed E-state index contributed by atoms with van der Waals surface area (Å²) in [4.78, 5) is 12.0. The van der Waals surface area contributed by atoms with Crippen molar-refractivity contribution in [2.75, 3.05) is 6.61 Å². The van der Waals surface area contributed by atoms with E-state index in [-0.39, 0.29) is 5.97 Å². The Labute approximate surface area is 330 Å². The zero-order valence-corrected chi connectivity index (χ0v) is 36.6. The Hall–Kier alpha value is -0.530. The van der Waals surface area contributed by atoms with E-state index in [1.165, 1.54) is 276 Å². The van der Waals surface area contributed by atoms with E-state index < -0.39 is 0 Å². The summed E-state index contributed by atoms with van der Waals surface area (Å²) in [7, 11) is 0. The van der Waals surface area contributed by atoms with E-state index in [0.717, 1.165) is 12.8 Å². The van der Waals surface area contributed by atoms with Gasteiger partial charge in [-0.05, 0) is 12.8 Å². The number of carbonyl (C=O) groups excluding carboxylic acids is 1. The zero-order valence-electron chi connectivity index (χ0n) is 36.6. The minimum absolute atomic E-state index is 0.0329. The van der Waals surface area contributed by atoms with E-state index in [4.69, 9.17) is 4.74 Å². The first-order valence-corrected chi connectivity index (χ1v) is 25.0. The maximum atomic E-state index is 12.0. The second-order valence-electron chi connectivity index (χ2n) is 17.2. The number of carbonyl (C=O) groups is 1. The van der Waals surface area contributed by atoms with Gasteiger partial charge < -0.3 is 4.74 Å². The summed E-state index contributed by atoms with van der Waals surface area (Å²) in [6.45, 7) is 5.24. The number of rotatable bonds is 47. The number of esters is 1. The molecule has 0 N–H and O–H groups in total. The van der Waals surface area contributed by atoms with Crippen molar-refractivity contribution >= 4 is 5.97 Å². The van der Waals surface area contributed by atoms with Crippen molar-refractivity contribution in [3.8, 4) is 0 Å². The van der Waals surface area contributed by atoms with Gasteiger partial charge in [0, 0.05) is 6.42 Å². The third-order valence-corrected chi connectivity index (χ3v) is 11.7. The third kappa shape index (κ3) is 47.5. The highest BCUT2D eigenvalue weighted by Crippen LogP contribution is 2.17. The summed E-state index contributed by atoms with van der Waals surface area (Å²) in [5.74, 6) is 0.0329. The predicted molar refractivity (Wildman–Crippen MR) is 235 cm³/mol. The van der Waals surface area contributed by atoms with Gasteiger partial charge in [-0.2, -0.15) is 0 Å². The Bertz CT molecular complexity index is 630. The van der Waals surface area contributed by atoms with Gasteiger partial charge in [0.05, 0.1) is 6.61 Å². The number of ether oxygens (including phenoxy) is 1. The van der Waals surface area contributed by atoms with Crippen LogP contribution in [0.25, 0.3) is 0 Å². The van der Waals surface area contributed by atoms with Crippen molar-refractivity contribution in [1.29, 1.82) is 0 Å². The summed E-state index contributed by atoms with van der Waals surface area (Å²) in [5.41, 5.74) is 0. The molecule has 0 rings (SSSR count). The van der Waals surface area contributed by atoms with Gasteiger partial charge in [0.15, 0.2) is 0 Å². The molecular weight excluding hydrogens is 633 g/mol. The maximum absolute atomic E-state index is 12.0. The summed E-state index contributed by atoms with van der Waals surface area (Å²) in [6.07, 6.45) is 63.9. The van der Waals surface area contributed by atoms with Gasteiger partial charge in [-0.1, -0.05) is 290 Å². The van der Waals surface area contributed by atoms with E-state index in [1.807, 2.05) is 0 Å². The smallest absolute Gasteiger partial charge is 0.305 e. The fourth-order valence-electron chi connectivity index (χ4n) is 8.02. The van der Waals surface area contributed by atoms with E-state index in [9.17, 15) is 4.79 Å². The van der Waals surface area contributed by atoms with Crippen LogP contribution in [-0.2, 0) is 9.53 Å².